The van der Waals surface area contributed by atoms with Gasteiger partial charge in [0.15, 0.2) is 5.69 Å². The number of carbonyl (C=O) groups excluding carboxylic acids is 1. The zero-order chi connectivity index (χ0) is 20.0. The van der Waals surface area contributed by atoms with E-state index in [0.717, 1.165) is 12.1 Å². The van der Waals surface area contributed by atoms with Crippen LogP contribution in [-0.2, 0) is 6.42 Å². The molecule has 1 aromatic carbocycles. The van der Waals surface area contributed by atoms with Gasteiger partial charge >= 0.3 is 0 Å². The minimum atomic E-state index is -0.464. The quantitative estimate of drug-likeness (QED) is 0.623. The number of aromatic nitrogens is 1. The summed E-state index contributed by atoms with van der Waals surface area (Å²) < 4.78 is 5.39. The largest absolute Gasteiger partial charge is 0.508 e. The first-order chi connectivity index (χ1) is 12.8. The van der Waals surface area contributed by atoms with Gasteiger partial charge in [-0.1, -0.05) is 12.1 Å². The first-order valence-corrected chi connectivity index (χ1v) is 9.30. The molecule has 0 aliphatic carbocycles. The molecule has 27 heavy (non-hydrogen) atoms. The minimum absolute atomic E-state index is 0.205. The first kappa shape index (κ1) is 20.9. The van der Waals surface area contributed by atoms with Crippen LogP contribution in [0.1, 0.15) is 55.7 Å². The fourth-order valence-corrected chi connectivity index (χ4v) is 3.04. The Morgan fingerprint density at radius 3 is 2.44 bits per heavy atom. The highest BCUT2D eigenvalue weighted by Gasteiger charge is 2.18. The van der Waals surface area contributed by atoms with Gasteiger partial charge in [0.25, 0.3) is 5.91 Å². The highest BCUT2D eigenvalue weighted by molar-refractivity contribution is 5.91. The Morgan fingerprint density at radius 2 is 1.85 bits per heavy atom. The number of oxazole rings is 1. The number of amides is 1. The van der Waals surface area contributed by atoms with Gasteiger partial charge in [0.05, 0.1) is 6.04 Å². The van der Waals surface area contributed by atoms with Gasteiger partial charge in [-0.15, -0.1) is 0 Å². The fourth-order valence-electron chi connectivity index (χ4n) is 3.04. The Hall–Kier alpha value is -2.38. The molecule has 148 valence electrons. The number of hydrogen-bond donors (Lipinski definition) is 3. The molecule has 1 heterocycles. The van der Waals surface area contributed by atoms with Gasteiger partial charge in [0.1, 0.15) is 12.0 Å². The van der Waals surface area contributed by atoms with Crippen LogP contribution >= 0.6 is 0 Å². The van der Waals surface area contributed by atoms with E-state index in [1.807, 2.05) is 0 Å². The van der Waals surface area contributed by atoms with E-state index in [1.165, 1.54) is 6.26 Å². The number of aromatic hydroxyl groups is 1. The second-order valence-corrected chi connectivity index (χ2v) is 7.23. The van der Waals surface area contributed by atoms with Crippen molar-refractivity contribution in [3.63, 3.8) is 0 Å². The first-order valence-electron chi connectivity index (χ1n) is 9.30. The number of benzene rings is 1. The maximum atomic E-state index is 12.3. The molecule has 4 N–H and O–H groups in total. The second-order valence-electron chi connectivity index (χ2n) is 7.23. The lowest BCUT2D eigenvalue weighted by Crippen LogP contribution is -2.42. The van der Waals surface area contributed by atoms with Crippen LogP contribution in [0.2, 0.25) is 0 Å². The average molecular weight is 374 g/mol. The molecule has 1 atom stereocenters. The molecular formula is C20H30N4O3. The van der Waals surface area contributed by atoms with Crippen LogP contribution < -0.4 is 11.1 Å². The van der Waals surface area contributed by atoms with Crippen LogP contribution in [0.3, 0.4) is 0 Å². The molecule has 0 aliphatic heterocycles. The predicted octanol–water partition coefficient (Wildman–Crippen LogP) is 2.47. The lowest BCUT2D eigenvalue weighted by atomic mass is 10.1. The molecule has 2 rings (SSSR count). The molecule has 7 nitrogen and oxygen atoms in total. The van der Waals surface area contributed by atoms with Gasteiger partial charge in [-0.25, -0.2) is 4.98 Å². The third-order valence-electron chi connectivity index (χ3n) is 4.45. The van der Waals surface area contributed by atoms with Gasteiger partial charge in [0, 0.05) is 25.2 Å². The predicted molar refractivity (Wildman–Crippen MR) is 105 cm³/mol. The molecule has 1 amide bonds. The van der Waals surface area contributed by atoms with Crippen molar-refractivity contribution in [1.29, 1.82) is 0 Å². The monoisotopic (exact) mass is 374 g/mol. The molecule has 1 unspecified atom stereocenters. The molecule has 2 aromatic rings. The third kappa shape index (κ3) is 6.08. The standard InChI is InChI=1S/C20H30N4O3/c1-13(2)24(14(3)4)10-9-22-19(26)18-12-27-20(23-18)17(21)11-15-5-7-16(25)8-6-15/h5-8,12-14,17,25H,9-11,21H2,1-4H3,(H,22,26). The van der Waals surface area contributed by atoms with Gasteiger partial charge in [-0.3, -0.25) is 9.69 Å². The van der Waals surface area contributed by atoms with E-state index in [-0.39, 0.29) is 17.4 Å². The van der Waals surface area contributed by atoms with E-state index < -0.39 is 6.04 Å². The number of phenolic OH excluding ortho intramolecular Hbond substituents is 1. The Balaban J connectivity index is 1.88. The van der Waals surface area contributed by atoms with Crippen LogP contribution in [0.25, 0.3) is 0 Å². The van der Waals surface area contributed by atoms with Gasteiger partial charge in [-0.05, 0) is 51.8 Å². The zero-order valence-corrected chi connectivity index (χ0v) is 16.5. The fraction of sp³-hybridized carbons (Fsp3) is 0.500. The van der Waals surface area contributed by atoms with Crippen LogP contribution in [0.4, 0.5) is 0 Å². The van der Waals surface area contributed by atoms with Crippen molar-refractivity contribution in [2.75, 3.05) is 13.1 Å². The number of carbonyl (C=O) groups is 1. The Labute approximate surface area is 160 Å². The van der Waals surface area contributed by atoms with Crippen LogP contribution in [0.5, 0.6) is 5.75 Å². The van der Waals surface area contributed by atoms with Gasteiger partial charge in [-0.2, -0.15) is 0 Å². The SMILES string of the molecule is CC(C)N(CCNC(=O)c1coc(C(N)Cc2ccc(O)cc2)n1)C(C)C. The summed E-state index contributed by atoms with van der Waals surface area (Å²) in [7, 11) is 0. The van der Waals surface area contributed by atoms with Crippen molar-refractivity contribution >= 4 is 5.91 Å². The van der Waals surface area contributed by atoms with Crippen LogP contribution in [-0.4, -0.2) is 46.1 Å². The van der Waals surface area contributed by atoms with Crippen LogP contribution in [0, 0.1) is 0 Å². The summed E-state index contributed by atoms with van der Waals surface area (Å²) in [5.74, 6) is 0.254. The molecule has 7 heteroatoms. The highest BCUT2D eigenvalue weighted by Crippen LogP contribution is 2.18. The third-order valence-corrected chi connectivity index (χ3v) is 4.45. The zero-order valence-electron chi connectivity index (χ0n) is 16.5. The second kappa shape index (κ2) is 9.53. The lowest BCUT2D eigenvalue weighted by Gasteiger charge is -2.30. The minimum Gasteiger partial charge on any atom is -0.508 e. The van der Waals surface area contributed by atoms with Crippen molar-refractivity contribution in [3.8, 4) is 5.75 Å². The summed E-state index contributed by atoms with van der Waals surface area (Å²) in [6.07, 6.45) is 1.84. The van der Waals surface area contributed by atoms with E-state index in [4.69, 9.17) is 10.2 Å². The van der Waals surface area contributed by atoms with Gasteiger partial charge in [0.2, 0.25) is 5.89 Å². The number of phenols is 1. The van der Waals surface area contributed by atoms with E-state index >= 15 is 0 Å². The molecule has 0 radical (unpaired) electrons. The van der Waals surface area contributed by atoms with Gasteiger partial charge < -0.3 is 20.6 Å². The van der Waals surface area contributed by atoms with E-state index in [2.05, 4.69) is 42.9 Å². The molecule has 0 spiro atoms. The summed E-state index contributed by atoms with van der Waals surface area (Å²) in [6, 6.07) is 7.16. The molecule has 0 bridgehead atoms. The maximum Gasteiger partial charge on any atom is 0.273 e. The topological polar surface area (TPSA) is 105 Å². The van der Waals surface area contributed by atoms with Crippen molar-refractivity contribution in [1.82, 2.24) is 15.2 Å². The average Bonchev–Trinajstić information content (AvgIpc) is 3.10. The summed E-state index contributed by atoms with van der Waals surface area (Å²) in [5, 5.41) is 12.2. The van der Waals surface area contributed by atoms with Crippen LogP contribution in [0.15, 0.2) is 34.9 Å². The van der Waals surface area contributed by atoms with Crippen molar-refractivity contribution in [3.05, 3.63) is 47.7 Å². The lowest BCUT2D eigenvalue weighted by molar-refractivity contribution is 0.0934. The van der Waals surface area contributed by atoms with Crippen molar-refractivity contribution in [2.24, 2.45) is 5.73 Å². The molecule has 0 saturated heterocycles. The van der Waals surface area contributed by atoms with Crippen molar-refractivity contribution in [2.45, 2.75) is 52.2 Å². The smallest absolute Gasteiger partial charge is 0.273 e. The Kier molecular flexibility index (Phi) is 7.38. The van der Waals surface area contributed by atoms with E-state index in [1.54, 1.807) is 24.3 Å². The summed E-state index contributed by atoms with van der Waals surface area (Å²) in [6.45, 7) is 9.87. The highest BCUT2D eigenvalue weighted by atomic mass is 16.3. The summed E-state index contributed by atoms with van der Waals surface area (Å²) in [5.41, 5.74) is 7.31. The molecular weight excluding hydrogens is 344 g/mol. The number of nitrogens with two attached hydrogens (primary N) is 1. The maximum absolute atomic E-state index is 12.3. The molecule has 0 fully saturated rings. The van der Waals surface area contributed by atoms with E-state index in [0.29, 0.717) is 30.9 Å². The van der Waals surface area contributed by atoms with E-state index in [9.17, 15) is 9.90 Å². The Bertz CT molecular complexity index is 717. The number of rotatable bonds is 9. The molecule has 1 aromatic heterocycles. The number of hydrogen-bond acceptors (Lipinski definition) is 6. The summed E-state index contributed by atoms with van der Waals surface area (Å²) in [4.78, 5) is 18.8. The number of nitrogens with zero attached hydrogens (tertiary/aromatic N) is 2. The number of nitrogens with one attached hydrogen (secondary N) is 1. The Morgan fingerprint density at radius 1 is 1.22 bits per heavy atom. The van der Waals surface area contributed by atoms with Crippen molar-refractivity contribution < 1.29 is 14.3 Å². The summed E-state index contributed by atoms with van der Waals surface area (Å²) >= 11 is 0. The molecule has 0 aliphatic rings. The molecule has 0 saturated carbocycles. The normalized spacial score (nSPS) is 12.7.